The van der Waals surface area contributed by atoms with Crippen molar-refractivity contribution in [3.05, 3.63) is 53.9 Å². The molecule has 2 rings (SSSR count). The Morgan fingerprint density at radius 2 is 2.05 bits per heavy atom. The summed E-state index contributed by atoms with van der Waals surface area (Å²) in [5, 5.41) is 7.10. The first-order chi connectivity index (χ1) is 9.65. The molecular formula is C16H21N3O. The molecule has 0 aliphatic rings. The molecule has 4 nitrogen and oxygen atoms in total. The maximum atomic E-state index is 11.9. The summed E-state index contributed by atoms with van der Waals surface area (Å²) in [6.07, 6.45) is 4.69. The number of nitrogens with zero attached hydrogens (tertiary/aromatic N) is 2. The third-order valence-electron chi connectivity index (χ3n) is 3.13. The predicted octanol–water partition coefficient (Wildman–Crippen LogP) is 2.71. The molecular weight excluding hydrogens is 250 g/mol. The second-order valence-electron chi connectivity index (χ2n) is 5.34. The van der Waals surface area contributed by atoms with Gasteiger partial charge in [-0.3, -0.25) is 9.48 Å². The Morgan fingerprint density at radius 3 is 2.65 bits per heavy atom. The fourth-order valence-electron chi connectivity index (χ4n) is 1.92. The summed E-state index contributed by atoms with van der Waals surface area (Å²) >= 11 is 0. The summed E-state index contributed by atoms with van der Waals surface area (Å²) < 4.78 is 1.86. The number of rotatable bonds is 6. The minimum absolute atomic E-state index is 0.00344. The molecule has 0 saturated carbocycles. The predicted molar refractivity (Wildman–Crippen MR) is 79.6 cm³/mol. The van der Waals surface area contributed by atoms with Crippen LogP contribution in [0.15, 0.2) is 42.7 Å². The fourth-order valence-corrected chi connectivity index (χ4v) is 1.92. The number of hydrogen-bond acceptors (Lipinski definition) is 2. The van der Waals surface area contributed by atoms with E-state index in [1.54, 1.807) is 6.20 Å². The van der Waals surface area contributed by atoms with Crippen molar-refractivity contribution in [2.45, 2.75) is 26.8 Å². The van der Waals surface area contributed by atoms with Crippen molar-refractivity contribution >= 4 is 5.91 Å². The van der Waals surface area contributed by atoms with E-state index in [1.165, 1.54) is 0 Å². The highest BCUT2D eigenvalue weighted by Gasteiger charge is 2.05. The van der Waals surface area contributed by atoms with Crippen molar-refractivity contribution < 1.29 is 4.79 Å². The zero-order chi connectivity index (χ0) is 14.4. The summed E-state index contributed by atoms with van der Waals surface area (Å²) in [6.45, 7) is 5.75. The van der Waals surface area contributed by atoms with Crippen LogP contribution in [0.5, 0.6) is 0 Å². The quantitative estimate of drug-likeness (QED) is 0.878. The van der Waals surface area contributed by atoms with Crippen LogP contribution in [0.25, 0.3) is 0 Å². The second kappa shape index (κ2) is 6.89. The summed E-state index contributed by atoms with van der Waals surface area (Å²) in [5.41, 5.74) is 1.84. The monoisotopic (exact) mass is 271 g/mol. The van der Waals surface area contributed by atoms with Crippen molar-refractivity contribution in [3.63, 3.8) is 0 Å². The second-order valence-corrected chi connectivity index (χ2v) is 5.34. The first-order valence-corrected chi connectivity index (χ1v) is 6.99. The number of hydrogen-bond donors (Lipinski definition) is 1. The zero-order valence-electron chi connectivity index (χ0n) is 12.0. The van der Waals surface area contributed by atoms with Crippen LogP contribution in [0.2, 0.25) is 0 Å². The van der Waals surface area contributed by atoms with Crippen molar-refractivity contribution in [3.8, 4) is 0 Å². The van der Waals surface area contributed by atoms with Crippen LogP contribution in [0.3, 0.4) is 0 Å². The molecule has 0 bridgehead atoms. The van der Waals surface area contributed by atoms with Gasteiger partial charge in [-0.1, -0.05) is 26.0 Å². The lowest BCUT2D eigenvalue weighted by Gasteiger charge is -2.08. The van der Waals surface area contributed by atoms with Gasteiger partial charge in [-0.05, 0) is 36.1 Å². The molecule has 1 heterocycles. The van der Waals surface area contributed by atoms with E-state index in [0.29, 0.717) is 11.5 Å². The van der Waals surface area contributed by atoms with E-state index in [0.717, 1.165) is 25.1 Å². The topological polar surface area (TPSA) is 46.9 Å². The molecule has 1 amide bonds. The van der Waals surface area contributed by atoms with Crippen LogP contribution in [0.4, 0.5) is 0 Å². The molecule has 20 heavy (non-hydrogen) atoms. The first-order valence-electron chi connectivity index (χ1n) is 6.99. The van der Waals surface area contributed by atoms with E-state index in [9.17, 15) is 4.79 Å². The van der Waals surface area contributed by atoms with E-state index in [-0.39, 0.29) is 5.91 Å². The third-order valence-corrected chi connectivity index (χ3v) is 3.13. The highest BCUT2D eigenvalue weighted by atomic mass is 16.1. The molecule has 0 spiro atoms. The zero-order valence-corrected chi connectivity index (χ0v) is 12.0. The van der Waals surface area contributed by atoms with Gasteiger partial charge in [0.1, 0.15) is 0 Å². The summed E-state index contributed by atoms with van der Waals surface area (Å²) in [4.78, 5) is 11.9. The van der Waals surface area contributed by atoms with Crippen LogP contribution in [-0.2, 0) is 6.54 Å². The van der Waals surface area contributed by atoms with E-state index in [2.05, 4.69) is 24.3 Å². The van der Waals surface area contributed by atoms with Gasteiger partial charge in [-0.2, -0.15) is 5.10 Å². The Morgan fingerprint density at radius 1 is 1.30 bits per heavy atom. The molecule has 1 aromatic carbocycles. The lowest BCUT2D eigenvalue weighted by atomic mass is 10.1. The minimum Gasteiger partial charge on any atom is -0.352 e. The van der Waals surface area contributed by atoms with Gasteiger partial charge >= 0.3 is 0 Å². The van der Waals surface area contributed by atoms with Gasteiger partial charge < -0.3 is 5.32 Å². The Bertz CT molecular complexity index is 529. The van der Waals surface area contributed by atoms with E-state index in [4.69, 9.17) is 0 Å². The van der Waals surface area contributed by atoms with Gasteiger partial charge in [-0.15, -0.1) is 0 Å². The lowest BCUT2D eigenvalue weighted by molar-refractivity contribution is 0.0952. The van der Waals surface area contributed by atoms with Crippen LogP contribution >= 0.6 is 0 Å². The van der Waals surface area contributed by atoms with E-state index >= 15 is 0 Å². The molecule has 0 saturated heterocycles. The maximum Gasteiger partial charge on any atom is 0.251 e. The van der Waals surface area contributed by atoms with Crippen LogP contribution in [0.1, 0.15) is 36.2 Å². The maximum absolute atomic E-state index is 11.9. The summed E-state index contributed by atoms with van der Waals surface area (Å²) in [6, 6.07) is 9.57. The van der Waals surface area contributed by atoms with Gasteiger partial charge in [0.2, 0.25) is 0 Å². The minimum atomic E-state index is -0.00344. The molecule has 0 aliphatic heterocycles. The Kier molecular flexibility index (Phi) is 4.93. The van der Waals surface area contributed by atoms with E-state index < -0.39 is 0 Å². The standard InChI is InChI=1S/C16H21N3O/c1-13(2)8-10-17-16(20)15-6-4-14(5-7-15)12-19-11-3-9-18-19/h3-7,9,11,13H,8,10,12H2,1-2H3,(H,17,20). The first kappa shape index (κ1) is 14.3. The number of carbonyl (C=O) groups excluding carboxylic acids is 1. The number of amides is 1. The number of carbonyl (C=O) groups is 1. The molecule has 106 valence electrons. The van der Waals surface area contributed by atoms with Gasteiger partial charge in [0.25, 0.3) is 5.91 Å². The number of benzene rings is 1. The molecule has 0 aliphatic carbocycles. The van der Waals surface area contributed by atoms with Gasteiger partial charge in [0, 0.05) is 24.5 Å². The van der Waals surface area contributed by atoms with Crippen molar-refractivity contribution in [2.75, 3.05) is 6.54 Å². The molecule has 1 N–H and O–H groups in total. The summed E-state index contributed by atoms with van der Waals surface area (Å²) in [7, 11) is 0. The van der Waals surface area contributed by atoms with Crippen LogP contribution < -0.4 is 5.32 Å². The van der Waals surface area contributed by atoms with Crippen LogP contribution in [-0.4, -0.2) is 22.2 Å². The number of nitrogens with one attached hydrogen (secondary N) is 1. The molecule has 4 heteroatoms. The largest absolute Gasteiger partial charge is 0.352 e. The lowest BCUT2D eigenvalue weighted by Crippen LogP contribution is -2.25. The molecule has 2 aromatic rings. The Hall–Kier alpha value is -2.10. The molecule has 1 aromatic heterocycles. The molecule has 0 fully saturated rings. The van der Waals surface area contributed by atoms with Gasteiger partial charge in [-0.25, -0.2) is 0 Å². The van der Waals surface area contributed by atoms with Gasteiger partial charge in [0.05, 0.1) is 6.54 Å². The van der Waals surface area contributed by atoms with Crippen molar-refractivity contribution in [2.24, 2.45) is 5.92 Å². The van der Waals surface area contributed by atoms with Gasteiger partial charge in [0.15, 0.2) is 0 Å². The summed E-state index contributed by atoms with van der Waals surface area (Å²) in [5.74, 6) is 0.600. The Balaban J connectivity index is 1.89. The normalized spacial score (nSPS) is 10.8. The van der Waals surface area contributed by atoms with E-state index in [1.807, 2.05) is 41.2 Å². The smallest absolute Gasteiger partial charge is 0.251 e. The molecule has 0 unspecified atom stereocenters. The van der Waals surface area contributed by atoms with Crippen LogP contribution in [0, 0.1) is 5.92 Å². The fraction of sp³-hybridized carbons (Fsp3) is 0.375. The Labute approximate surface area is 119 Å². The molecule has 0 radical (unpaired) electrons. The average Bonchev–Trinajstić information content (AvgIpc) is 2.92. The third kappa shape index (κ3) is 4.23. The SMILES string of the molecule is CC(C)CCNC(=O)c1ccc(Cn2cccn2)cc1. The molecule has 0 atom stereocenters. The number of aromatic nitrogens is 2. The highest BCUT2D eigenvalue weighted by Crippen LogP contribution is 2.06. The average molecular weight is 271 g/mol. The van der Waals surface area contributed by atoms with Crippen molar-refractivity contribution in [1.29, 1.82) is 0 Å². The highest BCUT2D eigenvalue weighted by molar-refractivity contribution is 5.94. The van der Waals surface area contributed by atoms with Crippen molar-refractivity contribution in [1.82, 2.24) is 15.1 Å².